The van der Waals surface area contributed by atoms with Crippen molar-refractivity contribution < 1.29 is 14.3 Å². The summed E-state index contributed by atoms with van der Waals surface area (Å²) >= 11 is 0. The summed E-state index contributed by atoms with van der Waals surface area (Å²) in [6, 6.07) is 0. The quantitative estimate of drug-likeness (QED) is 0.700. The Kier molecular flexibility index (Phi) is 4.68. The predicted molar refractivity (Wildman–Crippen MR) is 61.4 cm³/mol. The summed E-state index contributed by atoms with van der Waals surface area (Å²) in [5.41, 5.74) is 0.461. The van der Waals surface area contributed by atoms with Crippen molar-refractivity contribution in [3.05, 3.63) is 18.2 Å². The van der Waals surface area contributed by atoms with Gasteiger partial charge in [-0.2, -0.15) is 0 Å². The Bertz CT molecular complexity index is 400. The average Bonchev–Trinajstić information content (AvgIpc) is 2.73. The van der Waals surface area contributed by atoms with Gasteiger partial charge in [0.15, 0.2) is 0 Å². The van der Waals surface area contributed by atoms with Crippen molar-refractivity contribution in [2.75, 3.05) is 20.2 Å². The van der Waals surface area contributed by atoms with Crippen LogP contribution in [0.25, 0.3) is 0 Å². The predicted octanol–water partition coefficient (Wildman–Crippen LogP) is 0.445. The molecular weight excluding hydrogens is 222 g/mol. The number of carbonyl (C=O) groups excluding carboxylic acids is 2. The maximum absolute atomic E-state index is 12.1. The number of ether oxygens (including phenoxy) is 1. The third-order valence-corrected chi connectivity index (χ3v) is 2.36. The van der Waals surface area contributed by atoms with Gasteiger partial charge in [0.25, 0.3) is 5.91 Å². The fourth-order valence-electron chi connectivity index (χ4n) is 1.47. The summed E-state index contributed by atoms with van der Waals surface area (Å²) < 4.78 is 6.20. The molecule has 1 heterocycles. The van der Waals surface area contributed by atoms with Crippen molar-refractivity contribution in [3.63, 3.8) is 0 Å². The van der Waals surface area contributed by atoms with Crippen LogP contribution in [0, 0.1) is 0 Å². The van der Waals surface area contributed by atoms with Gasteiger partial charge in [-0.3, -0.25) is 9.59 Å². The molecule has 1 rings (SSSR count). The van der Waals surface area contributed by atoms with E-state index in [-0.39, 0.29) is 12.5 Å². The number of imidazole rings is 1. The van der Waals surface area contributed by atoms with E-state index in [1.165, 1.54) is 18.2 Å². The maximum Gasteiger partial charge on any atom is 0.325 e. The van der Waals surface area contributed by atoms with Gasteiger partial charge in [-0.05, 0) is 6.42 Å². The average molecular weight is 239 g/mol. The number of hydrogen-bond acceptors (Lipinski definition) is 4. The van der Waals surface area contributed by atoms with Crippen LogP contribution in [0.2, 0.25) is 0 Å². The molecule has 17 heavy (non-hydrogen) atoms. The summed E-state index contributed by atoms with van der Waals surface area (Å²) in [6.07, 6.45) is 3.82. The van der Waals surface area contributed by atoms with E-state index in [1.807, 2.05) is 6.92 Å². The number of rotatable bonds is 5. The molecule has 0 aliphatic heterocycles. The molecule has 0 aliphatic carbocycles. The van der Waals surface area contributed by atoms with Gasteiger partial charge in [-0.25, -0.2) is 4.98 Å². The standard InChI is InChI=1S/C11H17N3O3/c1-4-5-14(7-10(15)17-3)11(16)9-6-12-8-13(9)2/h6,8H,4-5,7H2,1-3H3. The highest BCUT2D eigenvalue weighted by Crippen LogP contribution is 2.04. The lowest BCUT2D eigenvalue weighted by Gasteiger charge is -2.20. The number of methoxy groups -OCH3 is 1. The lowest BCUT2D eigenvalue weighted by atomic mass is 10.3. The van der Waals surface area contributed by atoms with Gasteiger partial charge in [0.2, 0.25) is 0 Å². The molecule has 0 aromatic carbocycles. The van der Waals surface area contributed by atoms with Crippen LogP contribution in [-0.2, 0) is 16.6 Å². The Labute approximate surface area is 100 Å². The first-order valence-corrected chi connectivity index (χ1v) is 5.42. The molecule has 0 saturated heterocycles. The van der Waals surface area contributed by atoms with Crippen LogP contribution in [0.3, 0.4) is 0 Å². The molecule has 0 N–H and O–H groups in total. The van der Waals surface area contributed by atoms with Crippen LogP contribution in [0.5, 0.6) is 0 Å². The summed E-state index contributed by atoms with van der Waals surface area (Å²) in [7, 11) is 3.05. The molecule has 0 saturated carbocycles. The summed E-state index contributed by atoms with van der Waals surface area (Å²) in [4.78, 5) is 28.7. The Balaban J connectivity index is 2.80. The molecule has 0 atom stereocenters. The minimum atomic E-state index is -0.422. The minimum absolute atomic E-state index is 0.0334. The topological polar surface area (TPSA) is 64.4 Å². The fraction of sp³-hybridized carbons (Fsp3) is 0.545. The largest absolute Gasteiger partial charge is 0.468 e. The molecule has 0 radical (unpaired) electrons. The van der Waals surface area contributed by atoms with Gasteiger partial charge in [0.1, 0.15) is 12.2 Å². The molecule has 94 valence electrons. The molecule has 1 amide bonds. The zero-order valence-corrected chi connectivity index (χ0v) is 10.3. The van der Waals surface area contributed by atoms with Gasteiger partial charge < -0.3 is 14.2 Å². The lowest BCUT2D eigenvalue weighted by Crippen LogP contribution is -2.37. The molecule has 0 unspecified atom stereocenters. The molecule has 1 aromatic heterocycles. The Morgan fingerprint density at radius 2 is 2.24 bits per heavy atom. The van der Waals surface area contributed by atoms with Crippen LogP contribution < -0.4 is 0 Å². The van der Waals surface area contributed by atoms with E-state index in [1.54, 1.807) is 17.9 Å². The fourth-order valence-corrected chi connectivity index (χ4v) is 1.47. The SMILES string of the molecule is CCCN(CC(=O)OC)C(=O)c1cncn1C. The molecule has 0 bridgehead atoms. The highest BCUT2D eigenvalue weighted by atomic mass is 16.5. The molecule has 1 aromatic rings. The van der Waals surface area contributed by atoms with Gasteiger partial charge in [-0.1, -0.05) is 6.92 Å². The third kappa shape index (κ3) is 3.30. The number of nitrogens with zero attached hydrogens (tertiary/aromatic N) is 3. The van der Waals surface area contributed by atoms with E-state index in [9.17, 15) is 9.59 Å². The summed E-state index contributed by atoms with van der Waals surface area (Å²) in [5, 5.41) is 0. The number of aryl methyl sites for hydroxylation is 1. The van der Waals surface area contributed by atoms with Gasteiger partial charge in [-0.15, -0.1) is 0 Å². The highest BCUT2D eigenvalue weighted by molar-refractivity contribution is 5.94. The minimum Gasteiger partial charge on any atom is -0.468 e. The van der Waals surface area contributed by atoms with E-state index >= 15 is 0 Å². The molecular formula is C11H17N3O3. The van der Waals surface area contributed by atoms with Crippen LogP contribution in [0.4, 0.5) is 0 Å². The van der Waals surface area contributed by atoms with Crippen molar-refractivity contribution in [3.8, 4) is 0 Å². The zero-order valence-electron chi connectivity index (χ0n) is 10.3. The second kappa shape index (κ2) is 6.03. The van der Waals surface area contributed by atoms with E-state index in [4.69, 9.17) is 0 Å². The second-order valence-corrected chi connectivity index (χ2v) is 3.69. The first-order chi connectivity index (χ1) is 8.10. The van der Waals surface area contributed by atoms with Gasteiger partial charge in [0.05, 0.1) is 19.6 Å². The van der Waals surface area contributed by atoms with Crippen LogP contribution >= 0.6 is 0 Å². The number of esters is 1. The van der Waals surface area contributed by atoms with Crippen molar-refractivity contribution in [2.45, 2.75) is 13.3 Å². The first kappa shape index (κ1) is 13.2. The van der Waals surface area contributed by atoms with Crippen molar-refractivity contribution in [2.24, 2.45) is 7.05 Å². The summed E-state index contributed by atoms with van der Waals surface area (Å²) in [6.45, 7) is 2.42. The molecule has 0 spiro atoms. The summed E-state index contributed by atoms with van der Waals surface area (Å²) in [5.74, 6) is -0.633. The molecule has 0 aliphatic rings. The van der Waals surface area contributed by atoms with Crippen LogP contribution in [-0.4, -0.2) is 46.5 Å². The number of hydrogen-bond donors (Lipinski definition) is 0. The molecule has 0 fully saturated rings. The van der Waals surface area contributed by atoms with Crippen LogP contribution in [0.15, 0.2) is 12.5 Å². The lowest BCUT2D eigenvalue weighted by molar-refractivity contribution is -0.141. The van der Waals surface area contributed by atoms with Crippen molar-refractivity contribution >= 4 is 11.9 Å². The van der Waals surface area contributed by atoms with Gasteiger partial charge in [0, 0.05) is 13.6 Å². The Morgan fingerprint density at radius 3 is 2.71 bits per heavy atom. The number of aromatic nitrogens is 2. The van der Waals surface area contributed by atoms with Crippen molar-refractivity contribution in [1.29, 1.82) is 0 Å². The van der Waals surface area contributed by atoms with E-state index in [2.05, 4.69) is 9.72 Å². The van der Waals surface area contributed by atoms with E-state index in [0.29, 0.717) is 12.2 Å². The van der Waals surface area contributed by atoms with Crippen molar-refractivity contribution in [1.82, 2.24) is 14.5 Å². The zero-order chi connectivity index (χ0) is 12.8. The number of amides is 1. The maximum atomic E-state index is 12.1. The van der Waals surface area contributed by atoms with Crippen LogP contribution in [0.1, 0.15) is 23.8 Å². The molecule has 6 nitrogen and oxygen atoms in total. The highest BCUT2D eigenvalue weighted by Gasteiger charge is 2.20. The monoisotopic (exact) mass is 239 g/mol. The number of carbonyl (C=O) groups is 2. The normalized spacial score (nSPS) is 10.1. The smallest absolute Gasteiger partial charge is 0.325 e. The Morgan fingerprint density at radius 1 is 1.53 bits per heavy atom. The third-order valence-electron chi connectivity index (χ3n) is 2.36. The first-order valence-electron chi connectivity index (χ1n) is 5.42. The second-order valence-electron chi connectivity index (χ2n) is 3.69. The van der Waals surface area contributed by atoms with Gasteiger partial charge >= 0.3 is 5.97 Å². The van der Waals surface area contributed by atoms with E-state index < -0.39 is 5.97 Å². The Hall–Kier alpha value is -1.85. The molecule has 6 heteroatoms. The van der Waals surface area contributed by atoms with E-state index in [0.717, 1.165) is 6.42 Å².